The van der Waals surface area contributed by atoms with Crippen molar-refractivity contribution in [3.63, 3.8) is 0 Å². The van der Waals surface area contributed by atoms with Gasteiger partial charge in [0, 0.05) is 0 Å². The molecule has 0 amide bonds. The van der Waals surface area contributed by atoms with E-state index >= 15 is 0 Å². The molecule has 0 radical (unpaired) electrons. The van der Waals surface area contributed by atoms with E-state index in [0.29, 0.717) is 24.5 Å². The van der Waals surface area contributed by atoms with Crippen molar-refractivity contribution in [2.24, 2.45) is 5.92 Å². The molecule has 3 rings (SSSR count). The molecule has 0 aliphatic heterocycles. The fourth-order valence-corrected chi connectivity index (χ4v) is 2.61. The van der Waals surface area contributed by atoms with Crippen molar-refractivity contribution in [1.82, 2.24) is 0 Å². The van der Waals surface area contributed by atoms with Crippen molar-refractivity contribution in [3.05, 3.63) is 59.7 Å². The molecule has 0 spiro atoms. The minimum Gasteiger partial charge on any atom is -0.493 e. The summed E-state index contributed by atoms with van der Waals surface area (Å²) in [5, 5.41) is 9.02. The third-order valence-corrected chi connectivity index (χ3v) is 3.96. The molecule has 2 atom stereocenters. The summed E-state index contributed by atoms with van der Waals surface area (Å²) < 4.78 is 11.2. The summed E-state index contributed by atoms with van der Waals surface area (Å²) >= 11 is 0. The van der Waals surface area contributed by atoms with Crippen molar-refractivity contribution in [2.45, 2.75) is 18.9 Å². The third-order valence-electron chi connectivity index (χ3n) is 3.96. The molecule has 22 heavy (non-hydrogen) atoms. The van der Waals surface area contributed by atoms with Crippen LogP contribution in [0.25, 0.3) is 0 Å². The molecule has 1 N–H and O–H groups in total. The Morgan fingerprint density at radius 3 is 2.59 bits per heavy atom. The predicted octanol–water partition coefficient (Wildman–Crippen LogP) is 3.46. The SMILES string of the molecule is COc1cc(C2CC2C(=O)O)ccc1OCc1ccccc1. The zero-order chi connectivity index (χ0) is 15.5. The van der Waals surface area contributed by atoms with E-state index in [1.165, 1.54) is 0 Å². The monoisotopic (exact) mass is 298 g/mol. The predicted molar refractivity (Wildman–Crippen MR) is 82.3 cm³/mol. The molecule has 1 aliphatic carbocycles. The first-order valence-electron chi connectivity index (χ1n) is 7.26. The standard InChI is InChI=1S/C18H18O4/c1-21-17-9-13(14-10-15(14)18(19)20)7-8-16(17)22-11-12-5-3-2-4-6-12/h2-9,14-15H,10-11H2,1H3,(H,19,20). The molecule has 2 unspecified atom stereocenters. The summed E-state index contributed by atoms with van der Waals surface area (Å²) in [6, 6.07) is 15.6. The zero-order valence-corrected chi connectivity index (χ0v) is 12.4. The molecule has 0 aromatic heterocycles. The van der Waals surface area contributed by atoms with Crippen LogP contribution in [-0.2, 0) is 11.4 Å². The highest BCUT2D eigenvalue weighted by Gasteiger charge is 2.44. The van der Waals surface area contributed by atoms with E-state index < -0.39 is 5.97 Å². The summed E-state index contributed by atoms with van der Waals surface area (Å²) in [4.78, 5) is 11.0. The van der Waals surface area contributed by atoms with E-state index in [0.717, 1.165) is 11.1 Å². The van der Waals surface area contributed by atoms with Crippen LogP contribution in [0.5, 0.6) is 11.5 Å². The normalized spacial score (nSPS) is 19.5. The number of rotatable bonds is 6. The first-order chi connectivity index (χ1) is 10.7. The largest absolute Gasteiger partial charge is 0.493 e. The molecule has 1 aliphatic rings. The van der Waals surface area contributed by atoms with Gasteiger partial charge in [-0.25, -0.2) is 0 Å². The van der Waals surface area contributed by atoms with Gasteiger partial charge in [-0.05, 0) is 35.6 Å². The van der Waals surface area contributed by atoms with Crippen LogP contribution in [0, 0.1) is 5.92 Å². The average Bonchev–Trinajstić information content (AvgIpc) is 3.34. The molecule has 0 saturated heterocycles. The Balaban J connectivity index is 1.71. The van der Waals surface area contributed by atoms with Crippen LogP contribution >= 0.6 is 0 Å². The molecule has 2 aromatic carbocycles. The van der Waals surface area contributed by atoms with Crippen LogP contribution in [0.1, 0.15) is 23.5 Å². The maximum absolute atomic E-state index is 11.0. The summed E-state index contributed by atoms with van der Waals surface area (Å²) in [6.45, 7) is 0.470. The number of carbonyl (C=O) groups is 1. The lowest BCUT2D eigenvalue weighted by Crippen LogP contribution is -2.00. The zero-order valence-electron chi connectivity index (χ0n) is 12.4. The quantitative estimate of drug-likeness (QED) is 0.887. The lowest BCUT2D eigenvalue weighted by Gasteiger charge is -2.12. The lowest BCUT2D eigenvalue weighted by atomic mass is 10.1. The van der Waals surface area contributed by atoms with Gasteiger partial charge in [-0.3, -0.25) is 4.79 Å². The van der Waals surface area contributed by atoms with Crippen LogP contribution in [0.3, 0.4) is 0 Å². The van der Waals surface area contributed by atoms with Gasteiger partial charge in [0.1, 0.15) is 6.61 Å². The van der Waals surface area contributed by atoms with E-state index in [9.17, 15) is 4.79 Å². The Morgan fingerprint density at radius 1 is 1.18 bits per heavy atom. The molecule has 114 valence electrons. The second kappa shape index (κ2) is 6.10. The summed E-state index contributed by atoms with van der Waals surface area (Å²) in [5.41, 5.74) is 2.08. The number of aliphatic carboxylic acids is 1. The van der Waals surface area contributed by atoms with Crippen LogP contribution in [0.2, 0.25) is 0 Å². The molecule has 1 saturated carbocycles. The van der Waals surface area contributed by atoms with Gasteiger partial charge in [-0.15, -0.1) is 0 Å². The Kier molecular flexibility index (Phi) is 4.00. The van der Waals surface area contributed by atoms with Gasteiger partial charge in [0.2, 0.25) is 0 Å². The van der Waals surface area contributed by atoms with Gasteiger partial charge in [0.25, 0.3) is 0 Å². The molecule has 2 aromatic rings. The molecule has 4 nitrogen and oxygen atoms in total. The first-order valence-corrected chi connectivity index (χ1v) is 7.26. The van der Waals surface area contributed by atoms with E-state index in [-0.39, 0.29) is 11.8 Å². The molecule has 4 heteroatoms. The van der Waals surface area contributed by atoms with E-state index in [1.54, 1.807) is 7.11 Å². The first kappa shape index (κ1) is 14.4. The Hall–Kier alpha value is -2.49. The number of ether oxygens (including phenoxy) is 2. The number of hydrogen-bond donors (Lipinski definition) is 1. The second-order valence-electron chi connectivity index (χ2n) is 5.47. The fraction of sp³-hybridized carbons (Fsp3) is 0.278. The smallest absolute Gasteiger partial charge is 0.307 e. The highest BCUT2D eigenvalue weighted by Crippen LogP contribution is 2.49. The average molecular weight is 298 g/mol. The maximum atomic E-state index is 11.0. The number of benzene rings is 2. The number of methoxy groups -OCH3 is 1. The van der Waals surface area contributed by atoms with Gasteiger partial charge in [-0.1, -0.05) is 36.4 Å². The summed E-state index contributed by atoms with van der Waals surface area (Å²) in [6.07, 6.45) is 0.697. The van der Waals surface area contributed by atoms with Crippen molar-refractivity contribution in [1.29, 1.82) is 0 Å². The highest BCUT2D eigenvalue weighted by atomic mass is 16.5. The molecule has 1 fully saturated rings. The molecule has 0 bridgehead atoms. The topological polar surface area (TPSA) is 55.8 Å². The number of carboxylic acids is 1. The second-order valence-corrected chi connectivity index (χ2v) is 5.47. The van der Waals surface area contributed by atoms with E-state index in [4.69, 9.17) is 14.6 Å². The molecular weight excluding hydrogens is 280 g/mol. The summed E-state index contributed by atoms with van der Waals surface area (Å²) in [5.74, 6) is 0.413. The van der Waals surface area contributed by atoms with Gasteiger partial charge < -0.3 is 14.6 Å². The van der Waals surface area contributed by atoms with Gasteiger partial charge >= 0.3 is 5.97 Å². The van der Waals surface area contributed by atoms with Crippen molar-refractivity contribution < 1.29 is 19.4 Å². The van der Waals surface area contributed by atoms with Crippen molar-refractivity contribution >= 4 is 5.97 Å². The van der Waals surface area contributed by atoms with Crippen molar-refractivity contribution in [2.75, 3.05) is 7.11 Å². The van der Waals surface area contributed by atoms with Crippen LogP contribution < -0.4 is 9.47 Å². The summed E-state index contributed by atoms with van der Waals surface area (Å²) in [7, 11) is 1.59. The minimum atomic E-state index is -0.728. The van der Waals surface area contributed by atoms with Gasteiger partial charge in [0.05, 0.1) is 13.0 Å². The third kappa shape index (κ3) is 3.06. The molecule has 0 heterocycles. The lowest BCUT2D eigenvalue weighted by molar-refractivity contribution is -0.138. The number of carboxylic acid groups (broad SMARTS) is 1. The Bertz CT molecular complexity index is 666. The van der Waals surface area contributed by atoms with Crippen LogP contribution in [-0.4, -0.2) is 18.2 Å². The minimum absolute atomic E-state index is 0.0922. The highest BCUT2D eigenvalue weighted by molar-refractivity contribution is 5.75. The fourth-order valence-electron chi connectivity index (χ4n) is 2.61. The Labute approximate surface area is 129 Å². The van der Waals surface area contributed by atoms with Gasteiger partial charge in [-0.2, -0.15) is 0 Å². The number of hydrogen-bond acceptors (Lipinski definition) is 3. The van der Waals surface area contributed by atoms with Gasteiger partial charge in [0.15, 0.2) is 11.5 Å². The van der Waals surface area contributed by atoms with Crippen molar-refractivity contribution in [3.8, 4) is 11.5 Å². The van der Waals surface area contributed by atoms with Crippen LogP contribution in [0.4, 0.5) is 0 Å². The Morgan fingerprint density at radius 2 is 1.95 bits per heavy atom. The van der Waals surface area contributed by atoms with E-state index in [2.05, 4.69) is 0 Å². The molecular formula is C18H18O4. The maximum Gasteiger partial charge on any atom is 0.307 e. The van der Waals surface area contributed by atoms with Crippen LogP contribution in [0.15, 0.2) is 48.5 Å². The van der Waals surface area contributed by atoms with E-state index in [1.807, 2.05) is 48.5 Å².